The third-order valence-corrected chi connectivity index (χ3v) is 5.05. The summed E-state index contributed by atoms with van der Waals surface area (Å²) in [5.74, 6) is 0. The van der Waals surface area contributed by atoms with Gasteiger partial charge in [-0.1, -0.05) is 103 Å². The summed E-state index contributed by atoms with van der Waals surface area (Å²) >= 11 is 0. The molecule has 0 aliphatic heterocycles. The zero-order valence-corrected chi connectivity index (χ0v) is 19.6. The van der Waals surface area contributed by atoms with E-state index in [1.165, 1.54) is 96.3 Å². The molecule has 184 valence electrons. The van der Waals surface area contributed by atoms with Gasteiger partial charge in [-0.15, -0.1) is 0 Å². The van der Waals surface area contributed by atoms with Gasteiger partial charge in [0.15, 0.2) is 0 Å². The second-order valence-corrected chi connectivity index (χ2v) is 8.24. The van der Waals surface area contributed by atoms with Crippen LogP contribution in [0.4, 0.5) is 0 Å². The third-order valence-electron chi connectivity index (χ3n) is 5.05. The van der Waals surface area contributed by atoms with Crippen molar-refractivity contribution in [1.29, 1.82) is 0 Å². The summed E-state index contributed by atoms with van der Waals surface area (Å²) in [6, 6.07) is 0. The molecule has 0 aliphatic carbocycles. The summed E-state index contributed by atoms with van der Waals surface area (Å²) in [5.41, 5.74) is 0. The van der Waals surface area contributed by atoms with Gasteiger partial charge in [-0.2, -0.15) is 0 Å². The van der Waals surface area contributed by atoms with E-state index in [1.54, 1.807) is 0 Å². The van der Waals surface area contributed by atoms with Gasteiger partial charge in [-0.3, -0.25) is 0 Å². The van der Waals surface area contributed by atoms with E-state index in [9.17, 15) is 0 Å². The first-order valence-electron chi connectivity index (χ1n) is 12.4. The SMILES string of the molecule is CCCCCCCCCCCCCCCCCCO.OCC(O)COCC(O)CO. The first kappa shape index (κ1) is 31.9. The highest BCUT2D eigenvalue weighted by Gasteiger charge is 2.05. The zero-order valence-electron chi connectivity index (χ0n) is 19.6. The lowest BCUT2D eigenvalue weighted by Crippen LogP contribution is -2.25. The van der Waals surface area contributed by atoms with Crippen molar-refractivity contribution in [2.75, 3.05) is 33.0 Å². The molecule has 0 aromatic carbocycles. The van der Waals surface area contributed by atoms with Crippen LogP contribution < -0.4 is 0 Å². The maximum atomic E-state index is 8.72. The van der Waals surface area contributed by atoms with E-state index in [1.807, 2.05) is 0 Å². The minimum atomic E-state index is -0.916. The minimum Gasteiger partial charge on any atom is -0.396 e. The Morgan fingerprint density at radius 1 is 0.500 bits per heavy atom. The molecule has 6 heteroatoms. The minimum absolute atomic E-state index is 0.0342. The van der Waals surface area contributed by atoms with E-state index >= 15 is 0 Å². The fraction of sp³-hybridized carbons (Fsp3) is 1.00. The molecule has 6 nitrogen and oxygen atoms in total. The average molecular weight is 437 g/mol. The average Bonchev–Trinajstić information content (AvgIpc) is 2.76. The molecule has 0 fully saturated rings. The molecule has 5 N–H and O–H groups in total. The lowest BCUT2D eigenvalue weighted by Gasteiger charge is -2.10. The largest absolute Gasteiger partial charge is 0.396 e. The van der Waals surface area contributed by atoms with Gasteiger partial charge in [-0.05, 0) is 6.42 Å². The van der Waals surface area contributed by atoms with E-state index in [2.05, 4.69) is 6.92 Å². The van der Waals surface area contributed by atoms with Crippen molar-refractivity contribution in [3.63, 3.8) is 0 Å². The number of hydrogen-bond donors (Lipinski definition) is 5. The van der Waals surface area contributed by atoms with Gasteiger partial charge >= 0.3 is 0 Å². The monoisotopic (exact) mass is 436 g/mol. The Balaban J connectivity index is 0. The number of unbranched alkanes of at least 4 members (excludes halogenated alkanes) is 15. The van der Waals surface area contributed by atoms with Gasteiger partial charge in [0.05, 0.1) is 26.4 Å². The molecule has 0 amide bonds. The molecule has 0 aliphatic rings. The lowest BCUT2D eigenvalue weighted by molar-refractivity contribution is -0.0364. The van der Waals surface area contributed by atoms with Crippen molar-refractivity contribution in [2.45, 2.75) is 122 Å². The fourth-order valence-corrected chi connectivity index (χ4v) is 3.11. The molecule has 0 aromatic heterocycles. The van der Waals surface area contributed by atoms with E-state index < -0.39 is 12.2 Å². The van der Waals surface area contributed by atoms with E-state index in [0.717, 1.165) is 6.42 Å². The van der Waals surface area contributed by atoms with Crippen LogP contribution in [0, 0.1) is 0 Å². The van der Waals surface area contributed by atoms with Gasteiger partial charge in [0.2, 0.25) is 0 Å². The molecule has 0 rings (SSSR count). The van der Waals surface area contributed by atoms with Gasteiger partial charge in [0.1, 0.15) is 12.2 Å². The Labute approximate surface area is 185 Å². The maximum Gasteiger partial charge on any atom is 0.100 e. The molecule has 0 radical (unpaired) electrons. The first-order chi connectivity index (χ1) is 14.6. The van der Waals surface area contributed by atoms with Crippen molar-refractivity contribution < 1.29 is 30.3 Å². The number of aliphatic hydroxyl groups is 5. The van der Waals surface area contributed by atoms with E-state index in [-0.39, 0.29) is 26.4 Å². The highest BCUT2D eigenvalue weighted by atomic mass is 16.5. The standard InChI is InChI=1S/C18H38O.C6H14O5/c1-2-3-4-5-6-7-8-9-10-11-12-13-14-15-16-17-18-19;7-1-5(9)3-11-4-6(10)2-8/h19H,2-18H2,1H3;5-10H,1-4H2. The molecule has 0 heterocycles. The molecule has 30 heavy (non-hydrogen) atoms. The molecule has 2 unspecified atom stereocenters. The molecular weight excluding hydrogens is 384 g/mol. The van der Waals surface area contributed by atoms with Crippen LogP contribution in [0.1, 0.15) is 110 Å². The smallest absolute Gasteiger partial charge is 0.100 e. The van der Waals surface area contributed by atoms with Crippen LogP contribution in [0.3, 0.4) is 0 Å². The summed E-state index contributed by atoms with van der Waals surface area (Å²) < 4.78 is 4.72. The predicted octanol–water partition coefficient (Wildman–Crippen LogP) is 3.95. The van der Waals surface area contributed by atoms with E-state index in [4.69, 9.17) is 30.3 Å². The maximum absolute atomic E-state index is 8.72. The second kappa shape index (κ2) is 28.8. The lowest BCUT2D eigenvalue weighted by atomic mass is 10.0. The summed E-state index contributed by atoms with van der Waals surface area (Å²) in [5, 5.41) is 42.7. The Kier molecular flexibility index (Phi) is 30.6. The van der Waals surface area contributed by atoms with Crippen LogP contribution >= 0.6 is 0 Å². The highest BCUT2D eigenvalue weighted by molar-refractivity contribution is 4.53. The second-order valence-electron chi connectivity index (χ2n) is 8.24. The van der Waals surface area contributed by atoms with Crippen LogP contribution in [-0.4, -0.2) is 70.8 Å². The van der Waals surface area contributed by atoms with Crippen molar-refractivity contribution in [1.82, 2.24) is 0 Å². The van der Waals surface area contributed by atoms with Crippen LogP contribution in [-0.2, 0) is 4.74 Å². The third kappa shape index (κ3) is 30.0. The van der Waals surface area contributed by atoms with Gasteiger partial charge in [-0.25, -0.2) is 0 Å². The highest BCUT2D eigenvalue weighted by Crippen LogP contribution is 2.13. The summed E-state index contributed by atoms with van der Waals surface area (Å²) in [7, 11) is 0. The van der Waals surface area contributed by atoms with Gasteiger partial charge < -0.3 is 30.3 Å². The summed E-state index contributed by atoms with van der Waals surface area (Å²) in [6.45, 7) is 1.86. The van der Waals surface area contributed by atoms with Gasteiger partial charge in [0, 0.05) is 6.61 Å². The molecule has 0 bridgehead atoms. The molecule has 0 saturated carbocycles. The topological polar surface area (TPSA) is 110 Å². The molecule has 0 aromatic rings. The van der Waals surface area contributed by atoms with Gasteiger partial charge in [0.25, 0.3) is 0 Å². The predicted molar refractivity (Wildman–Crippen MR) is 124 cm³/mol. The van der Waals surface area contributed by atoms with Crippen LogP contribution in [0.2, 0.25) is 0 Å². The fourth-order valence-electron chi connectivity index (χ4n) is 3.11. The number of aliphatic hydroxyl groups excluding tert-OH is 5. The van der Waals surface area contributed by atoms with Crippen molar-refractivity contribution in [2.24, 2.45) is 0 Å². The Bertz CT molecular complexity index is 265. The zero-order chi connectivity index (χ0) is 22.7. The van der Waals surface area contributed by atoms with Crippen molar-refractivity contribution >= 4 is 0 Å². The van der Waals surface area contributed by atoms with Crippen LogP contribution in [0.5, 0.6) is 0 Å². The Hall–Kier alpha value is -0.240. The first-order valence-corrected chi connectivity index (χ1v) is 12.4. The van der Waals surface area contributed by atoms with Crippen LogP contribution in [0.25, 0.3) is 0 Å². The number of hydrogen-bond acceptors (Lipinski definition) is 6. The molecule has 0 spiro atoms. The summed E-state index contributed by atoms with van der Waals surface area (Å²) in [4.78, 5) is 0. The number of ether oxygens (including phenoxy) is 1. The molecule has 0 saturated heterocycles. The van der Waals surface area contributed by atoms with Crippen molar-refractivity contribution in [3.05, 3.63) is 0 Å². The Morgan fingerprint density at radius 3 is 1.07 bits per heavy atom. The summed E-state index contributed by atoms with van der Waals surface area (Å²) in [6.07, 6.45) is 20.3. The van der Waals surface area contributed by atoms with E-state index in [0.29, 0.717) is 6.61 Å². The Morgan fingerprint density at radius 2 is 0.800 bits per heavy atom. The molecular formula is C24H52O6. The molecule has 2 atom stereocenters. The quantitative estimate of drug-likeness (QED) is 0.164. The number of rotatable bonds is 22. The van der Waals surface area contributed by atoms with Crippen LogP contribution in [0.15, 0.2) is 0 Å². The normalized spacial score (nSPS) is 13.0. The van der Waals surface area contributed by atoms with Crippen molar-refractivity contribution in [3.8, 4) is 0 Å².